The molecule has 2 aromatic rings. The molecule has 3 rings (SSSR count). The molecule has 1 aromatic heterocycles. The molecule has 2 heterocycles. The molecule has 1 amide bonds. The number of benzene rings is 1. The van der Waals surface area contributed by atoms with Gasteiger partial charge in [0.1, 0.15) is 17.4 Å². The highest BCUT2D eigenvalue weighted by Crippen LogP contribution is 2.18. The van der Waals surface area contributed by atoms with Gasteiger partial charge in [0.05, 0.1) is 12.1 Å². The van der Waals surface area contributed by atoms with Gasteiger partial charge in [-0.15, -0.1) is 11.3 Å². The van der Waals surface area contributed by atoms with Crippen molar-refractivity contribution in [1.82, 2.24) is 20.5 Å². The van der Waals surface area contributed by atoms with E-state index in [0.717, 1.165) is 49.2 Å². The first kappa shape index (κ1) is 19.1. The van der Waals surface area contributed by atoms with Crippen LogP contribution in [0, 0.1) is 0 Å². The molecule has 6 nitrogen and oxygen atoms in total. The largest absolute Gasteiger partial charge is 0.486 e. The molecule has 0 unspecified atom stereocenters. The zero-order valence-electron chi connectivity index (χ0n) is 14.5. The first-order valence-electron chi connectivity index (χ1n) is 8.70. The summed E-state index contributed by atoms with van der Waals surface area (Å²) in [5.74, 6) is 0.757. The predicted molar refractivity (Wildman–Crippen MR) is 104 cm³/mol. The van der Waals surface area contributed by atoms with E-state index in [1.165, 1.54) is 11.3 Å². The van der Waals surface area contributed by atoms with Crippen LogP contribution in [0.15, 0.2) is 29.6 Å². The smallest absolute Gasteiger partial charge is 0.226 e. The van der Waals surface area contributed by atoms with Crippen LogP contribution in [0.3, 0.4) is 0 Å². The van der Waals surface area contributed by atoms with Gasteiger partial charge < -0.3 is 15.4 Å². The third-order valence-corrected chi connectivity index (χ3v) is 5.20. The summed E-state index contributed by atoms with van der Waals surface area (Å²) in [6.07, 6.45) is 0.305. The fourth-order valence-corrected chi connectivity index (χ4v) is 3.52. The van der Waals surface area contributed by atoms with Crippen molar-refractivity contribution < 1.29 is 9.53 Å². The van der Waals surface area contributed by atoms with Crippen molar-refractivity contribution in [3.8, 4) is 5.75 Å². The fourth-order valence-electron chi connectivity index (χ4n) is 2.69. The molecular formula is C18H23ClN4O2S. The van der Waals surface area contributed by atoms with E-state index in [9.17, 15) is 4.79 Å². The van der Waals surface area contributed by atoms with Gasteiger partial charge in [-0.2, -0.15) is 0 Å². The quantitative estimate of drug-likeness (QED) is 0.716. The average molecular weight is 395 g/mol. The number of hydrogen-bond donors (Lipinski definition) is 2. The maximum Gasteiger partial charge on any atom is 0.226 e. The lowest BCUT2D eigenvalue weighted by atomic mass is 10.3. The predicted octanol–water partition coefficient (Wildman–Crippen LogP) is 1.94. The summed E-state index contributed by atoms with van der Waals surface area (Å²) in [5.41, 5.74) is 0.782. The second-order valence-electron chi connectivity index (χ2n) is 6.09. The average Bonchev–Trinajstić information content (AvgIpc) is 3.09. The molecule has 0 atom stereocenters. The second kappa shape index (κ2) is 9.87. The van der Waals surface area contributed by atoms with E-state index in [1.54, 1.807) is 12.1 Å². The summed E-state index contributed by atoms with van der Waals surface area (Å²) >= 11 is 7.35. The minimum atomic E-state index is 0.00982. The van der Waals surface area contributed by atoms with Gasteiger partial charge >= 0.3 is 0 Å². The molecule has 1 aromatic carbocycles. The zero-order valence-corrected chi connectivity index (χ0v) is 16.1. The van der Waals surface area contributed by atoms with E-state index in [0.29, 0.717) is 24.6 Å². The van der Waals surface area contributed by atoms with Gasteiger partial charge in [0.25, 0.3) is 0 Å². The van der Waals surface area contributed by atoms with Crippen LogP contribution < -0.4 is 15.4 Å². The van der Waals surface area contributed by atoms with Crippen LogP contribution in [-0.2, 0) is 17.8 Å². The Bertz CT molecular complexity index is 701. The van der Waals surface area contributed by atoms with Crippen LogP contribution in [0.1, 0.15) is 10.7 Å². The van der Waals surface area contributed by atoms with Crippen molar-refractivity contribution in [2.24, 2.45) is 0 Å². The number of carbonyl (C=O) groups excluding carboxylic acids is 1. The molecule has 8 heteroatoms. The molecule has 1 saturated heterocycles. The third kappa shape index (κ3) is 6.25. The minimum absolute atomic E-state index is 0.00982. The van der Waals surface area contributed by atoms with Gasteiger partial charge in [0, 0.05) is 49.7 Å². The summed E-state index contributed by atoms with van der Waals surface area (Å²) in [5, 5.41) is 9.73. The molecule has 1 fully saturated rings. The van der Waals surface area contributed by atoms with Crippen molar-refractivity contribution in [3.63, 3.8) is 0 Å². The van der Waals surface area contributed by atoms with E-state index >= 15 is 0 Å². The van der Waals surface area contributed by atoms with Crippen LogP contribution in [0.4, 0.5) is 0 Å². The highest BCUT2D eigenvalue weighted by molar-refractivity contribution is 7.09. The highest BCUT2D eigenvalue weighted by Gasteiger charge is 2.11. The summed E-state index contributed by atoms with van der Waals surface area (Å²) in [7, 11) is 0. The number of halogens is 1. The normalized spacial score (nSPS) is 15.0. The molecule has 0 spiro atoms. The molecule has 26 heavy (non-hydrogen) atoms. The van der Waals surface area contributed by atoms with Crippen LogP contribution in [0.5, 0.6) is 5.75 Å². The van der Waals surface area contributed by atoms with Crippen molar-refractivity contribution in [2.75, 3.05) is 39.3 Å². The maximum atomic E-state index is 12.1. The zero-order chi connectivity index (χ0) is 18.2. The third-order valence-electron chi connectivity index (χ3n) is 4.08. The summed E-state index contributed by atoms with van der Waals surface area (Å²) in [4.78, 5) is 18.9. The number of nitrogens with zero attached hydrogens (tertiary/aromatic N) is 2. The van der Waals surface area contributed by atoms with Crippen molar-refractivity contribution in [1.29, 1.82) is 0 Å². The summed E-state index contributed by atoms with van der Waals surface area (Å²) < 4.78 is 5.68. The Kier molecular flexibility index (Phi) is 7.25. The number of carbonyl (C=O) groups is 1. The van der Waals surface area contributed by atoms with E-state index in [4.69, 9.17) is 16.3 Å². The van der Waals surface area contributed by atoms with Crippen LogP contribution in [-0.4, -0.2) is 55.1 Å². The van der Waals surface area contributed by atoms with E-state index in [-0.39, 0.29) is 5.91 Å². The number of amides is 1. The van der Waals surface area contributed by atoms with Gasteiger partial charge in [-0.05, 0) is 24.3 Å². The van der Waals surface area contributed by atoms with Crippen LogP contribution >= 0.6 is 22.9 Å². The SMILES string of the molecule is O=C(Cc1csc(COc2ccc(Cl)cc2)n1)NCCN1CCNCC1. The fraction of sp³-hybridized carbons (Fsp3) is 0.444. The second-order valence-corrected chi connectivity index (χ2v) is 7.47. The Morgan fingerprint density at radius 3 is 2.85 bits per heavy atom. The minimum Gasteiger partial charge on any atom is -0.486 e. The first-order chi connectivity index (χ1) is 12.7. The summed E-state index contributed by atoms with van der Waals surface area (Å²) in [6, 6.07) is 7.22. The molecular weight excluding hydrogens is 372 g/mol. The van der Waals surface area contributed by atoms with Crippen LogP contribution in [0.25, 0.3) is 0 Å². The van der Waals surface area contributed by atoms with Gasteiger partial charge in [-0.1, -0.05) is 11.6 Å². The number of ether oxygens (including phenoxy) is 1. The molecule has 1 aliphatic heterocycles. The Labute approximate surface area is 162 Å². The molecule has 140 valence electrons. The number of rotatable bonds is 8. The monoisotopic (exact) mass is 394 g/mol. The molecule has 0 radical (unpaired) electrons. The first-order valence-corrected chi connectivity index (χ1v) is 9.96. The molecule has 0 aliphatic carbocycles. The standard InChI is InChI=1S/C18H23ClN4O2S/c19-14-1-3-16(4-2-14)25-12-18-22-15(13-26-18)11-17(24)21-7-10-23-8-5-20-6-9-23/h1-4,13,20H,5-12H2,(H,21,24). The molecule has 0 bridgehead atoms. The Hall–Kier alpha value is -1.67. The van der Waals surface area contributed by atoms with E-state index < -0.39 is 0 Å². The Morgan fingerprint density at radius 1 is 1.31 bits per heavy atom. The van der Waals surface area contributed by atoms with Crippen molar-refractivity contribution in [2.45, 2.75) is 13.0 Å². The van der Waals surface area contributed by atoms with Crippen molar-refractivity contribution >= 4 is 28.8 Å². The number of piperazine rings is 1. The number of aromatic nitrogens is 1. The lowest BCUT2D eigenvalue weighted by Crippen LogP contribution is -2.46. The molecule has 0 saturated carbocycles. The van der Waals surface area contributed by atoms with E-state index in [2.05, 4.69) is 20.5 Å². The van der Waals surface area contributed by atoms with Gasteiger partial charge in [0.2, 0.25) is 5.91 Å². The molecule has 1 aliphatic rings. The Balaban J connectivity index is 1.37. The van der Waals surface area contributed by atoms with Gasteiger partial charge in [-0.3, -0.25) is 9.69 Å². The van der Waals surface area contributed by atoms with E-state index in [1.807, 2.05) is 17.5 Å². The maximum absolute atomic E-state index is 12.1. The lowest BCUT2D eigenvalue weighted by molar-refractivity contribution is -0.120. The summed E-state index contributed by atoms with van der Waals surface area (Å²) in [6.45, 7) is 6.08. The Morgan fingerprint density at radius 2 is 2.08 bits per heavy atom. The van der Waals surface area contributed by atoms with Gasteiger partial charge in [0.15, 0.2) is 0 Å². The van der Waals surface area contributed by atoms with Crippen molar-refractivity contribution in [3.05, 3.63) is 45.4 Å². The van der Waals surface area contributed by atoms with Crippen LogP contribution in [0.2, 0.25) is 5.02 Å². The lowest BCUT2D eigenvalue weighted by Gasteiger charge is -2.27. The van der Waals surface area contributed by atoms with Gasteiger partial charge in [-0.25, -0.2) is 4.98 Å². The highest BCUT2D eigenvalue weighted by atomic mass is 35.5. The number of hydrogen-bond acceptors (Lipinski definition) is 6. The topological polar surface area (TPSA) is 66.5 Å². The molecule has 2 N–H and O–H groups in total. The number of nitrogens with one attached hydrogen (secondary N) is 2. The number of thiazole rings is 1.